The molecule has 0 aliphatic rings. The lowest BCUT2D eigenvalue weighted by Crippen LogP contribution is -2.31. The molecule has 0 saturated heterocycles. The lowest BCUT2D eigenvalue weighted by molar-refractivity contribution is 0.0743. The van der Waals surface area contributed by atoms with Gasteiger partial charge in [0.2, 0.25) is 0 Å². The van der Waals surface area contributed by atoms with Gasteiger partial charge in [0.1, 0.15) is 0 Å². The Balaban J connectivity index is 2.18. The zero-order valence-electron chi connectivity index (χ0n) is 12.1. The molecule has 2 aromatic carbocycles. The van der Waals surface area contributed by atoms with Gasteiger partial charge in [-0.05, 0) is 64.9 Å². The van der Waals surface area contributed by atoms with E-state index >= 15 is 0 Å². The maximum absolute atomic E-state index is 12.7. The largest absolute Gasteiger partial charge is 0.399 e. The minimum absolute atomic E-state index is 0.0761. The highest BCUT2D eigenvalue weighted by atomic mass is 127. The van der Waals surface area contributed by atoms with Crippen molar-refractivity contribution in [3.8, 4) is 0 Å². The number of carbonyl (C=O) groups is 1. The number of hydrogen-bond donors (Lipinski definition) is 1. The fraction of sp³-hybridized carbons (Fsp3) is 0.235. The monoisotopic (exact) mass is 394 g/mol. The highest BCUT2D eigenvalue weighted by Gasteiger charge is 2.15. The van der Waals surface area contributed by atoms with Gasteiger partial charge in [-0.25, -0.2) is 0 Å². The van der Waals surface area contributed by atoms with E-state index < -0.39 is 0 Å². The number of hydrogen-bond acceptors (Lipinski definition) is 2. The van der Waals surface area contributed by atoms with Gasteiger partial charge in [-0.2, -0.15) is 0 Å². The predicted octanol–water partition coefficient (Wildman–Crippen LogP) is 3.93. The number of benzene rings is 2. The van der Waals surface area contributed by atoms with E-state index in [9.17, 15) is 4.79 Å². The first-order valence-corrected chi connectivity index (χ1v) is 8.07. The van der Waals surface area contributed by atoms with Crippen LogP contribution in [0.3, 0.4) is 0 Å². The van der Waals surface area contributed by atoms with E-state index in [4.69, 9.17) is 5.73 Å². The van der Waals surface area contributed by atoms with Crippen molar-refractivity contribution in [1.82, 2.24) is 4.90 Å². The third-order valence-electron chi connectivity index (χ3n) is 3.21. The zero-order chi connectivity index (χ0) is 15.2. The Bertz CT molecular complexity index is 610. The second-order valence-electron chi connectivity index (χ2n) is 4.98. The van der Waals surface area contributed by atoms with Crippen LogP contribution in [0.4, 0.5) is 5.69 Å². The summed E-state index contributed by atoms with van der Waals surface area (Å²) in [6.45, 7) is 3.44. The van der Waals surface area contributed by atoms with Gasteiger partial charge in [-0.15, -0.1) is 0 Å². The van der Waals surface area contributed by atoms with Crippen molar-refractivity contribution in [2.45, 2.75) is 19.9 Å². The lowest BCUT2D eigenvalue weighted by Gasteiger charge is -2.22. The normalized spacial score (nSPS) is 10.4. The van der Waals surface area contributed by atoms with Crippen LogP contribution in [0.1, 0.15) is 29.3 Å². The van der Waals surface area contributed by atoms with Crippen molar-refractivity contribution in [3.05, 3.63) is 63.2 Å². The van der Waals surface area contributed by atoms with E-state index in [1.807, 2.05) is 53.4 Å². The van der Waals surface area contributed by atoms with Gasteiger partial charge in [-0.1, -0.05) is 25.1 Å². The number of halogens is 1. The number of nitrogen functional groups attached to an aromatic ring is 1. The smallest absolute Gasteiger partial charge is 0.254 e. The molecule has 0 radical (unpaired) electrons. The van der Waals surface area contributed by atoms with Crippen molar-refractivity contribution in [1.29, 1.82) is 0 Å². The molecule has 0 aliphatic carbocycles. The van der Waals surface area contributed by atoms with Crippen LogP contribution >= 0.6 is 22.6 Å². The summed E-state index contributed by atoms with van der Waals surface area (Å²) in [6.07, 6.45) is 0.935. The highest BCUT2D eigenvalue weighted by molar-refractivity contribution is 14.1. The standard InChI is InChI=1S/C17H19IN2O/c1-2-10-20(12-13-6-8-16(19)9-7-13)17(21)14-4-3-5-15(18)11-14/h3-9,11H,2,10,12,19H2,1H3. The summed E-state index contributed by atoms with van der Waals surface area (Å²) in [7, 11) is 0. The maximum atomic E-state index is 12.7. The number of amides is 1. The van der Waals surface area contributed by atoms with Crippen molar-refractivity contribution in [3.63, 3.8) is 0 Å². The van der Waals surface area contributed by atoms with Crippen molar-refractivity contribution >= 4 is 34.2 Å². The zero-order valence-corrected chi connectivity index (χ0v) is 14.2. The van der Waals surface area contributed by atoms with E-state index in [0.717, 1.165) is 33.4 Å². The van der Waals surface area contributed by atoms with E-state index in [-0.39, 0.29) is 5.91 Å². The van der Waals surface area contributed by atoms with E-state index in [2.05, 4.69) is 29.5 Å². The first-order valence-electron chi connectivity index (χ1n) is 6.99. The number of carbonyl (C=O) groups excluding carboxylic acids is 1. The number of nitrogens with zero attached hydrogens (tertiary/aromatic N) is 1. The van der Waals surface area contributed by atoms with Gasteiger partial charge >= 0.3 is 0 Å². The molecule has 0 bridgehead atoms. The van der Waals surface area contributed by atoms with Crippen molar-refractivity contribution in [2.24, 2.45) is 0 Å². The van der Waals surface area contributed by atoms with Gasteiger partial charge in [0.25, 0.3) is 5.91 Å². The lowest BCUT2D eigenvalue weighted by atomic mass is 10.1. The van der Waals surface area contributed by atoms with Gasteiger partial charge in [0, 0.05) is 27.9 Å². The molecule has 0 fully saturated rings. The van der Waals surface area contributed by atoms with Crippen molar-refractivity contribution < 1.29 is 4.79 Å². The Morgan fingerprint density at radius 1 is 1.19 bits per heavy atom. The molecule has 0 spiro atoms. The first kappa shape index (κ1) is 15.8. The fourth-order valence-corrected chi connectivity index (χ4v) is 2.71. The SMILES string of the molecule is CCCN(Cc1ccc(N)cc1)C(=O)c1cccc(I)c1. The molecule has 21 heavy (non-hydrogen) atoms. The molecule has 0 atom stereocenters. The Morgan fingerprint density at radius 3 is 2.52 bits per heavy atom. The molecule has 110 valence electrons. The molecule has 1 amide bonds. The fourth-order valence-electron chi connectivity index (χ4n) is 2.17. The number of nitrogens with two attached hydrogens (primary N) is 1. The predicted molar refractivity (Wildman–Crippen MR) is 95.0 cm³/mol. The van der Waals surface area contributed by atoms with E-state index in [0.29, 0.717) is 6.54 Å². The number of anilines is 1. The summed E-state index contributed by atoms with van der Waals surface area (Å²) >= 11 is 2.23. The molecule has 0 aliphatic heterocycles. The summed E-state index contributed by atoms with van der Waals surface area (Å²) in [5, 5.41) is 0. The molecule has 4 heteroatoms. The van der Waals surface area contributed by atoms with Crippen LogP contribution in [0.2, 0.25) is 0 Å². The Kier molecular flexibility index (Phi) is 5.61. The van der Waals surface area contributed by atoms with Crippen LogP contribution < -0.4 is 5.73 Å². The second kappa shape index (κ2) is 7.45. The Morgan fingerprint density at radius 2 is 1.90 bits per heavy atom. The second-order valence-corrected chi connectivity index (χ2v) is 6.22. The van der Waals surface area contributed by atoms with E-state index in [1.54, 1.807) is 0 Å². The van der Waals surface area contributed by atoms with E-state index in [1.165, 1.54) is 0 Å². The Hall–Kier alpha value is -1.56. The topological polar surface area (TPSA) is 46.3 Å². The van der Waals surface area contributed by atoms with Gasteiger partial charge in [0.05, 0.1) is 0 Å². The van der Waals surface area contributed by atoms with Crippen LogP contribution in [0.5, 0.6) is 0 Å². The number of rotatable bonds is 5. The molecule has 2 rings (SSSR count). The minimum atomic E-state index is 0.0761. The van der Waals surface area contributed by atoms with Crippen LogP contribution in [0, 0.1) is 3.57 Å². The quantitative estimate of drug-likeness (QED) is 0.617. The average Bonchev–Trinajstić information content (AvgIpc) is 2.48. The van der Waals surface area contributed by atoms with Gasteiger partial charge in [0.15, 0.2) is 0 Å². The molecule has 0 heterocycles. The van der Waals surface area contributed by atoms with Gasteiger partial charge in [-0.3, -0.25) is 4.79 Å². The summed E-state index contributed by atoms with van der Waals surface area (Å²) in [5.74, 6) is 0.0761. The third-order valence-corrected chi connectivity index (χ3v) is 3.88. The molecule has 2 N–H and O–H groups in total. The highest BCUT2D eigenvalue weighted by Crippen LogP contribution is 2.14. The average molecular weight is 394 g/mol. The molecule has 3 nitrogen and oxygen atoms in total. The third kappa shape index (κ3) is 4.46. The van der Waals surface area contributed by atoms with Crippen LogP contribution in [0.25, 0.3) is 0 Å². The summed E-state index contributed by atoms with van der Waals surface area (Å²) in [4.78, 5) is 14.5. The molecular weight excluding hydrogens is 375 g/mol. The maximum Gasteiger partial charge on any atom is 0.254 e. The molecule has 0 unspecified atom stereocenters. The summed E-state index contributed by atoms with van der Waals surface area (Å²) < 4.78 is 1.07. The van der Waals surface area contributed by atoms with Crippen LogP contribution in [0.15, 0.2) is 48.5 Å². The minimum Gasteiger partial charge on any atom is -0.399 e. The van der Waals surface area contributed by atoms with Crippen LogP contribution in [-0.2, 0) is 6.54 Å². The van der Waals surface area contributed by atoms with Crippen molar-refractivity contribution in [2.75, 3.05) is 12.3 Å². The van der Waals surface area contributed by atoms with Gasteiger partial charge < -0.3 is 10.6 Å². The summed E-state index contributed by atoms with van der Waals surface area (Å²) in [6, 6.07) is 15.4. The Labute approximate surface area is 139 Å². The molecule has 2 aromatic rings. The van der Waals surface area contributed by atoms with Crippen LogP contribution in [-0.4, -0.2) is 17.4 Å². The summed E-state index contributed by atoms with van der Waals surface area (Å²) in [5.41, 5.74) is 8.28. The first-order chi connectivity index (χ1) is 10.1. The molecule has 0 saturated carbocycles. The molecular formula is C17H19IN2O. The molecule has 0 aromatic heterocycles.